The number of ether oxygens (including phenoxy) is 1. The summed E-state index contributed by atoms with van der Waals surface area (Å²) in [5, 5.41) is 7.50. The van der Waals surface area contributed by atoms with Crippen LogP contribution >= 0.6 is 0 Å². The van der Waals surface area contributed by atoms with Crippen LogP contribution in [0.3, 0.4) is 0 Å². The van der Waals surface area contributed by atoms with Crippen LogP contribution in [0.4, 0.5) is 4.79 Å². The molecular formula is C10H18N2O3. The van der Waals surface area contributed by atoms with E-state index in [0.29, 0.717) is 6.04 Å². The van der Waals surface area contributed by atoms with Gasteiger partial charge in [-0.15, -0.1) is 0 Å². The molecule has 1 unspecified atom stereocenters. The molecule has 0 radical (unpaired) electrons. The van der Waals surface area contributed by atoms with Gasteiger partial charge in [-0.25, -0.2) is 9.78 Å². The Bertz CT molecular complexity index is 260. The topological polar surface area (TPSA) is 64.4 Å². The summed E-state index contributed by atoms with van der Waals surface area (Å²) in [6, 6.07) is 0.604. The van der Waals surface area contributed by atoms with Crippen LogP contribution in [-0.4, -0.2) is 27.9 Å². The minimum atomic E-state index is -1.25. The Labute approximate surface area is 89.7 Å². The van der Waals surface area contributed by atoms with Gasteiger partial charge >= 0.3 is 6.16 Å². The lowest BCUT2D eigenvalue weighted by Crippen LogP contribution is -2.00. The highest BCUT2D eigenvalue weighted by atomic mass is 16.6. The number of aromatic nitrogens is 2. The number of imidazole rings is 1. The van der Waals surface area contributed by atoms with Gasteiger partial charge in [0.15, 0.2) is 0 Å². The van der Waals surface area contributed by atoms with Gasteiger partial charge in [0.05, 0.1) is 13.4 Å². The first-order valence-corrected chi connectivity index (χ1v) is 4.86. The van der Waals surface area contributed by atoms with Crippen LogP contribution in [0.15, 0.2) is 18.7 Å². The average molecular weight is 214 g/mol. The van der Waals surface area contributed by atoms with Gasteiger partial charge in [0, 0.05) is 18.4 Å². The Morgan fingerprint density at radius 2 is 2.27 bits per heavy atom. The highest BCUT2D eigenvalue weighted by molar-refractivity contribution is 5.56. The normalized spacial score (nSPS) is 11.1. The zero-order valence-corrected chi connectivity index (χ0v) is 9.38. The van der Waals surface area contributed by atoms with E-state index >= 15 is 0 Å². The molecule has 0 aliphatic heterocycles. The Morgan fingerprint density at radius 3 is 2.60 bits per heavy atom. The summed E-state index contributed by atoms with van der Waals surface area (Å²) in [6.07, 6.45) is 6.94. The van der Waals surface area contributed by atoms with E-state index in [2.05, 4.69) is 28.1 Å². The van der Waals surface area contributed by atoms with Crippen LogP contribution < -0.4 is 0 Å². The molecule has 1 heterocycles. The molecule has 1 atom stereocenters. The van der Waals surface area contributed by atoms with Crippen molar-refractivity contribution in [2.24, 2.45) is 0 Å². The molecule has 86 valence electrons. The number of nitrogens with zero attached hydrogens (tertiary/aromatic N) is 2. The van der Waals surface area contributed by atoms with Crippen molar-refractivity contribution < 1.29 is 14.6 Å². The number of hydrogen-bond acceptors (Lipinski definition) is 3. The molecule has 0 aliphatic rings. The molecule has 0 aliphatic carbocycles. The molecule has 1 aromatic heterocycles. The van der Waals surface area contributed by atoms with Crippen molar-refractivity contribution in [3.05, 3.63) is 18.7 Å². The molecule has 0 fully saturated rings. The SMILES string of the molecule is CCCC(C)n1ccnc1.COC(=O)O. The lowest BCUT2D eigenvalue weighted by Gasteiger charge is -2.10. The number of rotatable bonds is 3. The largest absolute Gasteiger partial charge is 0.505 e. The fourth-order valence-corrected chi connectivity index (χ4v) is 1.10. The lowest BCUT2D eigenvalue weighted by atomic mass is 10.2. The van der Waals surface area contributed by atoms with E-state index in [-0.39, 0.29) is 0 Å². The molecule has 15 heavy (non-hydrogen) atoms. The van der Waals surface area contributed by atoms with Crippen LogP contribution in [0.25, 0.3) is 0 Å². The molecule has 0 saturated heterocycles. The van der Waals surface area contributed by atoms with E-state index in [1.165, 1.54) is 12.8 Å². The van der Waals surface area contributed by atoms with Gasteiger partial charge in [-0.3, -0.25) is 0 Å². The van der Waals surface area contributed by atoms with Gasteiger partial charge in [0.25, 0.3) is 0 Å². The van der Waals surface area contributed by atoms with Crippen LogP contribution in [-0.2, 0) is 4.74 Å². The van der Waals surface area contributed by atoms with Gasteiger partial charge in [-0.05, 0) is 13.3 Å². The highest BCUT2D eigenvalue weighted by Gasteiger charge is 1.99. The van der Waals surface area contributed by atoms with Crippen molar-refractivity contribution in [3.63, 3.8) is 0 Å². The zero-order valence-electron chi connectivity index (χ0n) is 9.38. The number of methoxy groups -OCH3 is 1. The number of carbonyl (C=O) groups is 1. The van der Waals surface area contributed by atoms with Crippen molar-refractivity contribution in [3.8, 4) is 0 Å². The van der Waals surface area contributed by atoms with E-state index < -0.39 is 6.16 Å². The second-order valence-electron chi connectivity index (χ2n) is 3.12. The van der Waals surface area contributed by atoms with E-state index in [9.17, 15) is 0 Å². The van der Waals surface area contributed by atoms with Gasteiger partial charge < -0.3 is 14.4 Å². The lowest BCUT2D eigenvalue weighted by molar-refractivity contribution is 0.114. The Balaban J connectivity index is 0.000000336. The molecule has 0 spiro atoms. The molecular weight excluding hydrogens is 196 g/mol. The predicted molar refractivity (Wildman–Crippen MR) is 56.9 cm³/mol. The standard InChI is InChI=1S/C8H14N2.C2H4O3/c1-3-4-8(2)10-6-5-9-7-10;1-5-2(3)4/h5-8H,3-4H2,1-2H3;1H3,(H,3,4). The first-order chi connectivity index (χ1) is 7.11. The summed E-state index contributed by atoms with van der Waals surface area (Å²) in [6.45, 7) is 4.42. The Morgan fingerprint density at radius 1 is 1.67 bits per heavy atom. The Hall–Kier alpha value is -1.52. The maximum absolute atomic E-state index is 9.15. The maximum atomic E-state index is 9.15. The molecule has 0 amide bonds. The predicted octanol–water partition coefficient (Wildman–Crippen LogP) is 2.56. The monoisotopic (exact) mass is 214 g/mol. The average Bonchev–Trinajstić information content (AvgIpc) is 2.72. The summed E-state index contributed by atoms with van der Waals surface area (Å²) in [7, 11) is 1.10. The molecule has 0 bridgehead atoms. The summed E-state index contributed by atoms with van der Waals surface area (Å²) >= 11 is 0. The third kappa shape index (κ3) is 6.54. The van der Waals surface area contributed by atoms with Crippen LogP contribution in [0.5, 0.6) is 0 Å². The first-order valence-electron chi connectivity index (χ1n) is 4.86. The van der Waals surface area contributed by atoms with Crippen LogP contribution in [0.2, 0.25) is 0 Å². The Kier molecular flexibility index (Phi) is 7.05. The third-order valence-electron chi connectivity index (χ3n) is 1.91. The van der Waals surface area contributed by atoms with Crippen LogP contribution in [0.1, 0.15) is 32.7 Å². The molecule has 5 nitrogen and oxygen atoms in total. The van der Waals surface area contributed by atoms with Crippen LogP contribution in [0, 0.1) is 0 Å². The highest BCUT2D eigenvalue weighted by Crippen LogP contribution is 2.10. The molecule has 1 N–H and O–H groups in total. The first kappa shape index (κ1) is 13.5. The van der Waals surface area contributed by atoms with E-state index in [1.54, 1.807) is 0 Å². The minimum absolute atomic E-state index is 0.604. The van der Waals surface area contributed by atoms with Gasteiger partial charge in [0.2, 0.25) is 0 Å². The summed E-state index contributed by atoms with van der Waals surface area (Å²) in [5.41, 5.74) is 0. The summed E-state index contributed by atoms with van der Waals surface area (Å²) < 4.78 is 5.81. The van der Waals surface area contributed by atoms with Crippen molar-refractivity contribution in [2.45, 2.75) is 32.7 Å². The second-order valence-corrected chi connectivity index (χ2v) is 3.12. The summed E-state index contributed by atoms with van der Waals surface area (Å²) in [4.78, 5) is 13.1. The van der Waals surface area contributed by atoms with Crippen molar-refractivity contribution >= 4 is 6.16 Å². The van der Waals surface area contributed by atoms with E-state index in [1.807, 2.05) is 18.7 Å². The molecule has 0 saturated carbocycles. The van der Waals surface area contributed by atoms with Crippen molar-refractivity contribution in [2.75, 3.05) is 7.11 Å². The maximum Gasteiger partial charge on any atom is 0.505 e. The molecule has 1 rings (SSSR count). The van der Waals surface area contributed by atoms with E-state index in [0.717, 1.165) is 7.11 Å². The van der Waals surface area contributed by atoms with Crippen molar-refractivity contribution in [1.29, 1.82) is 0 Å². The van der Waals surface area contributed by atoms with Gasteiger partial charge in [-0.2, -0.15) is 0 Å². The quantitative estimate of drug-likeness (QED) is 0.785. The van der Waals surface area contributed by atoms with E-state index in [4.69, 9.17) is 9.90 Å². The molecule has 0 aromatic carbocycles. The smallest absolute Gasteiger partial charge is 0.450 e. The van der Waals surface area contributed by atoms with Gasteiger partial charge in [-0.1, -0.05) is 13.3 Å². The fourth-order valence-electron chi connectivity index (χ4n) is 1.10. The molecule has 5 heteroatoms. The fraction of sp³-hybridized carbons (Fsp3) is 0.600. The molecule has 1 aromatic rings. The second kappa shape index (κ2) is 7.84. The van der Waals surface area contributed by atoms with Gasteiger partial charge in [0.1, 0.15) is 0 Å². The zero-order chi connectivity index (χ0) is 11.7. The number of hydrogen-bond donors (Lipinski definition) is 1. The minimum Gasteiger partial charge on any atom is -0.450 e. The number of carboxylic acid groups (broad SMARTS) is 1. The van der Waals surface area contributed by atoms with Crippen molar-refractivity contribution in [1.82, 2.24) is 9.55 Å². The summed E-state index contributed by atoms with van der Waals surface area (Å²) in [5.74, 6) is 0. The third-order valence-corrected chi connectivity index (χ3v) is 1.91.